The fraction of sp³-hybridized carbons (Fsp3) is 0.500. The van der Waals surface area contributed by atoms with Crippen molar-refractivity contribution in [2.24, 2.45) is 0 Å². The van der Waals surface area contributed by atoms with Crippen LogP contribution in [-0.4, -0.2) is 68.7 Å². The van der Waals surface area contributed by atoms with Crippen LogP contribution in [0.1, 0.15) is 25.3 Å². The number of β-amino-alcohol motifs (C(OH)–C–C–N with tert-alkyl or cyclic N) is 1. The summed E-state index contributed by atoms with van der Waals surface area (Å²) in [5, 5.41) is 10.3. The van der Waals surface area contributed by atoms with Crippen LogP contribution in [0.15, 0.2) is 48.5 Å². The molecule has 0 bridgehead atoms. The highest BCUT2D eigenvalue weighted by molar-refractivity contribution is 5.48. The molecule has 6 heteroatoms. The molecule has 0 saturated carbocycles. The van der Waals surface area contributed by atoms with Gasteiger partial charge in [0.1, 0.15) is 18.2 Å². The van der Waals surface area contributed by atoms with E-state index >= 15 is 0 Å². The SMILES string of the molecule is CC(C)c1ccccc1OCCOCC(O)CN1CCN(c2ccccc2F)CC1. The van der Waals surface area contributed by atoms with Gasteiger partial charge >= 0.3 is 0 Å². The number of ether oxygens (including phenoxy) is 2. The second kappa shape index (κ2) is 11.3. The Morgan fingerprint density at radius 2 is 1.67 bits per heavy atom. The number of piperazine rings is 1. The largest absolute Gasteiger partial charge is 0.491 e. The first-order valence-corrected chi connectivity index (χ1v) is 10.7. The van der Waals surface area contributed by atoms with Crippen molar-refractivity contribution in [3.63, 3.8) is 0 Å². The third kappa shape index (κ3) is 6.42. The van der Waals surface area contributed by atoms with Crippen molar-refractivity contribution in [2.45, 2.75) is 25.9 Å². The summed E-state index contributed by atoms with van der Waals surface area (Å²) in [4.78, 5) is 4.25. The van der Waals surface area contributed by atoms with Crippen LogP contribution in [0.4, 0.5) is 10.1 Å². The summed E-state index contributed by atoms with van der Waals surface area (Å²) in [7, 11) is 0. The number of aliphatic hydroxyl groups is 1. The smallest absolute Gasteiger partial charge is 0.146 e. The van der Waals surface area contributed by atoms with E-state index in [4.69, 9.17) is 9.47 Å². The monoisotopic (exact) mass is 416 g/mol. The normalized spacial score (nSPS) is 16.1. The molecule has 3 rings (SSSR count). The van der Waals surface area contributed by atoms with E-state index in [-0.39, 0.29) is 12.4 Å². The third-order valence-corrected chi connectivity index (χ3v) is 5.37. The molecule has 30 heavy (non-hydrogen) atoms. The molecule has 164 valence electrons. The first-order chi connectivity index (χ1) is 14.5. The van der Waals surface area contributed by atoms with Crippen molar-refractivity contribution in [2.75, 3.05) is 57.4 Å². The summed E-state index contributed by atoms with van der Waals surface area (Å²) in [5.74, 6) is 1.12. The number of anilines is 1. The van der Waals surface area contributed by atoms with Gasteiger partial charge in [-0.05, 0) is 29.7 Å². The lowest BCUT2D eigenvalue weighted by Gasteiger charge is -2.36. The summed E-state index contributed by atoms with van der Waals surface area (Å²) >= 11 is 0. The predicted octanol–water partition coefficient (Wildman–Crippen LogP) is 3.53. The third-order valence-electron chi connectivity index (χ3n) is 5.37. The molecule has 1 heterocycles. The topological polar surface area (TPSA) is 45.2 Å². The van der Waals surface area contributed by atoms with Crippen molar-refractivity contribution >= 4 is 5.69 Å². The molecule has 0 spiro atoms. The van der Waals surface area contributed by atoms with Gasteiger partial charge in [0.15, 0.2) is 0 Å². The molecule has 1 saturated heterocycles. The Labute approximate surface area is 179 Å². The second-order valence-corrected chi connectivity index (χ2v) is 8.01. The Bertz CT molecular complexity index is 779. The van der Waals surface area contributed by atoms with E-state index in [1.165, 1.54) is 11.6 Å². The van der Waals surface area contributed by atoms with Crippen LogP contribution < -0.4 is 9.64 Å². The predicted molar refractivity (Wildman–Crippen MR) is 118 cm³/mol. The van der Waals surface area contributed by atoms with E-state index in [0.29, 0.717) is 31.4 Å². The average Bonchev–Trinajstić information content (AvgIpc) is 2.75. The number of para-hydroxylation sites is 2. The van der Waals surface area contributed by atoms with Gasteiger partial charge in [0, 0.05) is 32.7 Å². The summed E-state index contributed by atoms with van der Waals surface area (Å²) in [6, 6.07) is 14.9. The van der Waals surface area contributed by atoms with Crippen LogP contribution in [0.5, 0.6) is 5.75 Å². The fourth-order valence-corrected chi connectivity index (χ4v) is 3.75. The minimum absolute atomic E-state index is 0.183. The van der Waals surface area contributed by atoms with Gasteiger partial charge in [0.25, 0.3) is 0 Å². The molecule has 0 amide bonds. The van der Waals surface area contributed by atoms with Gasteiger partial charge < -0.3 is 19.5 Å². The Morgan fingerprint density at radius 1 is 0.967 bits per heavy atom. The zero-order valence-electron chi connectivity index (χ0n) is 18.0. The lowest BCUT2D eigenvalue weighted by atomic mass is 10.0. The lowest BCUT2D eigenvalue weighted by Crippen LogP contribution is -2.49. The van der Waals surface area contributed by atoms with Crippen molar-refractivity contribution < 1.29 is 19.0 Å². The minimum Gasteiger partial charge on any atom is -0.491 e. The van der Waals surface area contributed by atoms with Crippen LogP contribution >= 0.6 is 0 Å². The summed E-state index contributed by atoms with van der Waals surface area (Å²) in [5.41, 5.74) is 1.84. The Kier molecular flexibility index (Phi) is 8.49. The number of nitrogens with zero attached hydrogens (tertiary/aromatic N) is 2. The number of aliphatic hydroxyl groups excluding tert-OH is 1. The van der Waals surface area contributed by atoms with E-state index in [2.05, 4.69) is 29.7 Å². The Balaban J connectivity index is 1.31. The molecule has 2 aromatic carbocycles. The van der Waals surface area contributed by atoms with E-state index in [1.807, 2.05) is 30.3 Å². The fourth-order valence-electron chi connectivity index (χ4n) is 3.75. The van der Waals surface area contributed by atoms with Crippen LogP contribution in [-0.2, 0) is 4.74 Å². The number of halogens is 1. The number of hydrogen-bond acceptors (Lipinski definition) is 5. The number of benzene rings is 2. The van der Waals surface area contributed by atoms with Gasteiger partial charge in [-0.15, -0.1) is 0 Å². The maximum Gasteiger partial charge on any atom is 0.146 e. The van der Waals surface area contributed by atoms with Gasteiger partial charge in [-0.1, -0.05) is 44.2 Å². The van der Waals surface area contributed by atoms with Gasteiger partial charge in [0.2, 0.25) is 0 Å². The molecule has 1 atom stereocenters. The molecule has 1 fully saturated rings. The highest BCUT2D eigenvalue weighted by Crippen LogP contribution is 2.25. The zero-order valence-corrected chi connectivity index (χ0v) is 18.0. The highest BCUT2D eigenvalue weighted by atomic mass is 19.1. The average molecular weight is 417 g/mol. The quantitative estimate of drug-likeness (QED) is 0.601. The van der Waals surface area contributed by atoms with E-state index in [1.54, 1.807) is 6.07 Å². The second-order valence-electron chi connectivity index (χ2n) is 8.01. The molecule has 1 aliphatic rings. The Hall–Kier alpha value is -2.15. The van der Waals surface area contributed by atoms with Crippen LogP contribution in [0, 0.1) is 5.82 Å². The summed E-state index contributed by atoms with van der Waals surface area (Å²) in [6.07, 6.45) is -0.548. The minimum atomic E-state index is -0.548. The van der Waals surface area contributed by atoms with E-state index < -0.39 is 6.10 Å². The van der Waals surface area contributed by atoms with Gasteiger partial charge in [-0.2, -0.15) is 0 Å². The molecule has 1 aliphatic heterocycles. The highest BCUT2D eigenvalue weighted by Gasteiger charge is 2.21. The van der Waals surface area contributed by atoms with Crippen LogP contribution in [0.3, 0.4) is 0 Å². The molecule has 1 N–H and O–H groups in total. The lowest BCUT2D eigenvalue weighted by molar-refractivity contribution is 0.00708. The maximum atomic E-state index is 13.9. The van der Waals surface area contributed by atoms with E-state index in [0.717, 1.165) is 31.9 Å². The summed E-state index contributed by atoms with van der Waals surface area (Å²) in [6.45, 7) is 9.10. The van der Waals surface area contributed by atoms with Crippen molar-refractivity contribution in [3.8, 4) is 5.75 Å². The molecule has 1 unspecified atom stereocenters. The van der Waals surface area contributed by atoms with Crippen molar-refractivity contribution in [1.29, 1.82) is 0 Å². The molecular weight excluding hydrogens is 383 g/mol. The van der Waals surface area contributed by atoms with Crippen LogP contribution in [0.2, 0.25) is 0 Å². The standard InChI is InChI=1S/C24H33FN2O3/c1-19(2)21-7-3-6-10-24(21)30-16-15-29-18-20(28)17-26-11-13-27(14-12-26)23-9-5-4-8-22(23)25/h3-10,19-20,28H,11-18H2,1-2H3. The van der Waals surface area contributed by atoms with Crippen molar-refractivity contribution in [3.05, 3.63) is 59.9 Å². The Morgan fingerprint density at radius 3 is 2.40 bits per heavy atom. The summed E-state index contributed by atoms with van der Waals surface area (Å²) < 4.78 is 25.4. The zero-order chi connectivity index (χ0) is 21.3. The molecule has 0 radical (unpaired) electrons. The number of hydrogen-bond donors (Lipinski definition) is 1. The molecular formula is C24H33FN2O3. The van der Waals surface area contributed by atoms with Gasteiger partial charge in [-0.25, -0.2) is 4.39 Å². The van der Waals surface area contributed by atoms with E-state index in [9.17, 15) is 9.50 Å². The van der Waals surface area contributed by atoms with Gasteiger partial charge in [0.05, 0.1) is 25.0 Å². The van der Waals surface area contributed by atoms with Crippen LogP contribution in [0.25, 0.3) is 0 Å². The molecule has 0 aromatic heterocycles. The molecule has 0 aliphatic carbocycles. The molecule has 5 nitrogen and oxygen atoms in total. The first kappa shape index (κ1) is 22.5. The van der Waals surface area contributed by atoms with Crippen molar-refractivity contribution in [1.82, 2.24) is 4.90 Å². The molecule has 2 aromatic rings. The van der Waals surface area contributed by atoms with Gasteiger partial charge in [-0.3, -0.25) is 4.90 Å². The maximum absolute atomic E-state index is 13.9. The first-order valence-electron chi connectivity index (χ1n) is 10.7. The number of rotatable bonds is 10.